The summed E-state index contributed by atoms with van der Waals surface area (Å²) in [6.45, 7) is 6.60. The predicted molar refractivity (Wildman–Crippen MR) is 68.4 cm³/mol. The van der Waals surface area contributed by atoms with E-state index in [2.05, 4.69) is 22.4 Å². The van der Waals surface area contributed by atoms with E-state index in [4.69, 9.17) is 0 Å². The van der Waals surface area contributed by atoms with Crippen molar-refractivity contribution in [2.45, 2.75) is 32.1 Å². The Kier molecular flexibility index (Phi) is 4.79. The van der Waals surface area contributed by atoms with E-state index in [1.54, 1.807) is 0 Å². The summed E-state index contributed by atoms with van der Waals surface area (Å²) in [5, 5.41) is 0. The van der Waals surface area contributed by atoms with E-state index in [0.29, 0.717) is 0 Å². The molecule has 0 bridgehead atoms. The summed E-state index contributed by atoms with van der Waals surface area (Å²) in [5.74, 6) is 1.88. The summed E-state index contributed by atoms with van der Waals surface area (Å²) in [6, 6.07) is 0. The molecule has 0 aliphatic carbocycles. The molecule has 2 nitrogen and oxygen atoms in total. The van der Waals surface area contributed by atoms with Gasteiger partial charge in [-0.2, -0.15) is 12.6 Å². The zero-order valence-electron chi connectivity index (χ0n) is 9.70. The minimum atomic E-state index is 0.937. The van der Waals surface area contributed by atoms with Crippen molar-refractivity contribution in [3.05, 3.63) is 0 Å². The molecule has 0 spiro atoms. The summed E-state index contributed by atoms with van der Waals surface area (Å²) in [4.78, 5) is 5.13. The monoisotopic (exact) mass is 228 g/mol. The average molecular weight is 228 g/mol. The third kappa shape index (κ3) is 3.65. The van der Waals surface area contributed by atoms with Crippen LogP contribution < -0.4 is 0 Å². The van der Waals surface area contributed by atoms with Crippen LogP contribution in [0.3, 0.4) is 0 Å². The zero-order chi connectivity index (χ0) is 10.5. The Morgan fingerprint density at radius 1 is 1.00 bits per heavy atom. The summed E-state index contributed by atoms with van der Waals surface area (Å²) in [5.41, 5.74) is 0. The van der Waals surface area contributed by atoms with Crippen molar-refractivity contribution >= 4 is 12.6 Å². The third-order valence-electron chi connectivity index (χ3n) is 3.86. The molecule has 1 atom stereocenters. The number of piperidine rings is 1. The Bertz CT molecular complexity index is 180. The molecule has 88 valence electrons. The molecule has 2 saturated heterocycles. The summed E-state index contributed by atoms with van der Waals surface area (Å²) < 4.78 is 0. The summed E-state index contributed by atoms with van der Waals surface area (Å²) in [7, 11) is 0. The Morgan fingerprint density at radius 3 is 2.47 bits per heavy atom. The van der Waals surface area contributed by atoms with E-state index in [1.807, 2.05) is 0 Å². The maximum absolute atomic E-state index is 4.38. The highest BCUT2D eigenvalue weighted by Gasteiger charge is 2.20. The van der Waals surface area contributed by atoms with Gasteiger partial charge in [-0.3, -0.25) is 4.90 Å². The minimum absolute atomic E-state index is 0.937. The molecule has 2 fully saturated rings. The molecular weight excluding hydrogens is 204 g/mol. The topological polar surface area (TPSA) is 6.48 Å². The van der Waals surface area contributed by atoms with Gasteiger partial charge in [-0.1, -0.05) is 0 Å². The minimum Gasteiger partial charge on any atom is -0.303 e. The van der Waals surface area contributed by atoms with Crippen molar-refractivity contribution in [3.63, 3.8) is 0 Å². The number of thiol groups is 1. The van der Waals surface area contributed by atoms with Crippen LogP contribution in [0.1, 0.15) is 32.1 Å². The van der Waals surface area contributed by atoms with Crippen molar-refractivity contribution in [2.75, 3.05) is 38.6 Å². The second kappa shape index (κ2) is 6.12. The zero-order valence-corrected chi connectivity index (χ0v) is 10.6. The molecule has 0 aromatic carbocycles. The van der Waals surface area contributed by atoms with Crippen LogP contribution >= 0.6 is 12.6 Å². The Hall–Kier alpha value is 0.270. The maximum Gasteiger partial charge on any atom is 0.0414 e. The van der Waals surface area contributed by atoms with E-state index < -0.39 is 0 Å². The smallest absolute Gasteiger partial charge is 0.0414 e. The quantitative estimate of drug-likeness (QED) is 0.736. The highest BCUT2D eigenvalue weighted by Crippen LogP contribution is 2.21. The van der Waals surface area contributed by atoms with Crippen LogP contribution in [0.25, 0.3) is 0 Å². The molecule has 15 heavy (non-hydrogen) atoms. The van der Waals surface area contributed by atoms with Gasteiger partial charge in [0, 0.05) is 12.4 Å². The van der Waals surface area contributed by atoms with Crippen LogP contribution in [0.2, 0.25) is 0 Å². The standard InChI is InChI=1S/C12H24N2S/c15-11-14-8-3-4-12(10-14)5-9-13-6-1-2-7-13/h12,15H,1-11H2. The second-order valence-corrected chi connectivity index (χ2v) is 5.35. The van der Waals surface area contributed by atoms with Gasteiger partial charge in [0.15, 0.2) is 0 Å². The van der Waals surface area contributed by atoms with Crippen molar-refractivity contribution in [1.29, 1.82) is 0 Å². The highest BCUT2D eigenvalue weighted by molar-refractivity contribution is 7.80. The summed E-state index contributed by atoms with van der Waals surface area (Å²) >= 11 is 4.38. The van der Waals surface area contributed by atoms with Crippen molar-refractivity contribution < 1.29 is 0 Å². The molecule has 2 aliphatic heterocycles. The first kappa shape index (κ1) is 11.7. The normalized spacial score (nSPS) is 29.8. The van der Waals surface area contributed by atoms with Crippen molar-refractivity contribution in [2.24, 2.45) is 5.92 Å². The Balaban J connectivity index is 1.65. The van der Waals surface area contributed by atoms with Gasteiger partial charge >= 0.3 is 0 Å². The van der Waals surface area contributed by atoms with Gasteiger partial charge < -0.3 is 4.90 Å². The molecule has 0 radical (unpaired) electrons. The van der Waals surface area contributed by atoms with Crippen LogP contribution in [0.4, 0.5) is 0 Å². The number of hydrogen-bond donors (Lipinski definition) is 1. The molecule has 2 rings (SSSR count). The third-order valence-corrected chi connectivity index (χ3v) is 4.26. The maximum atomic E-state index is 4.38. The number of likely N-dealkylation sites (tertiary alicyclic amines) is 2. The lowest BCUT2D eigenvalue weighted by atomic mass is 9.95. The Labute approximate surface area is 99.4 Å². The van der Waals surface area contributed by atoms with Crippen molar-refractivity contribution in [1.82, 2.24) is 9.80 Å². The van der Waals surface area contributed by atoms with Gasteiger partial charge in [0.05, 0.1) is 0 Å². The first-order chi connectivity index (χ1) is 7.38. The van der Waals surface area contributed by atoms with Gasteiger partial charge in [-0.25, -0.2) is 0 Å². The fourth-order valence-corrected chi connectivity index (χ4v) is 3.14. The fourth-order valence-electron chi connectivity index (χ4n) is 2.89. The number of hydrogen-bond acceptors (Lipinski definition) is 3. The second-order valence-electron chi connectivity index (χ2n) is 5.06. The van der Waals surface area contributed by atoms with E-state index >= 15 is 0 Å². The lowest BCUT2D eigenvalue weighted by Crippen LogP contribution is -2.36. The van der Waals surface area contributed by atoms with Crippen LogP contribution in [0, 0.1) is 5.92 Å². The lowest BCUT2D eigenvalue weighted by molar-refractivity contribution is 0.180. The highest BCUT2D eigenvalue weighted by atomic mass is 32.1. The molecule has 0 aromatic rings. The van der Waals surface area contributed by atoms with Crippen LogP contribution in [-0.2, 0) is 0 Å². The molecule has 0 aromatic heterocycles. The molecule has 2 heterocycles. The van der Waals surface area contributed by atoms with E-state index in [-0.39, 0.29) is 0 Å². The molecule has 0 saturated carbocycles. The van der Waals surface area contributed by atoms with Gasteiger partial charge in [0.2, 0.25) is 0 Å². The molecular formula is C12H24N2S. The largest absolute Gasteiger partial charge is 0.303 e. The predicted octanol–water partition coefficient (Wildman–Crippen LogP) is 2.07. The molecule has 2 aliphatic rings. The van der Waals surface area contributed by atoms with Gasteiger partial charge in [-0.15, -0.1) is 0 Å². The van der Waals surface area contributed by atoms with E-state index in [9.17, 15) is 0 Å². The number of nitrogens with zero attached hydrogens (tertiary/aromatic N) is 2. The van der Waals surface area contributed by atoms with Crippen LogP contribution in [0.15, 0.2) is 0 Å². The van der Waals surface area contributed by atoms with Gasteiger partial charge in [0.25, 0.3) is 0 Å². The van der Waals surface area contributed by atoms with Gasteiger partial charge in [0.1, 0.15) is 0 Å². The average Bonchev–Trinajstić information content (AvgIpc) is 2.79. The van der Waals surface area contributed by atoms with E-state index in [0.717, 1.165) is 11.8 Å². The summed E-state index contributed by atoms with van der Waals surface area (Å²) in [6.07, 6.45) is 7.08. The lowest BCUT2D eigenvalue weighted by Gasteiger charge is -2.32. The van der Waals surface area contributed by atoms with E-state index in [1.165, 1.54) is 64.8 Å². The molecule has 0 N–H and O–H groups in total. The van der Waals surface area contributed by atoms with Crippen molar-refractivity contribution in [3.8, 4) is 0 Å². The molecule has 0 amide bonds. The molecule has 1 unspecified atom stereocenters. The number of rotatable bonds is 4. The first-order valence-electron chi connectivity index (χ1n) is 6.44. The first-order valence-corrected chi connectivity index (χ1v) is 7.07. The fraction of sp³-hybridized carbons (Fsp3) is 1.00. The van der Waals surface area contributed by atoms with Gasteiger partial charge in [-0.05, 0) is 64.2 Å². The molecule has 3 heteroatoms. The Morgan fingerprint density at radius 2 is 1.73 bits per heavy atom. The van der Waals surface area contributed by atoms with Crippen LogP contribution in [-0.4, -0.2) is 48.4 Å². The SMILES string of the molecule is SCN1CCCC(CCN2CCCC2)C1. The van der Waals surface area contributed by atoms with Crippen LogP contribution in [0.5, 0.6) is 0 Å².